The number of hydrogen-bond acceptors (Lipinski definition) is 4. The molecule has 0 atom stereocenters. The van der Waals surface area contributed by atoms with Crippen LogP contribution in [0, 0.1) is 12.7 Å². The molecule has 1 aromatic carbocycles. The lowest BCUT2D eigenvalue weighted by Gasteiger charge is -2.20. The Bertz CT molecular complexity index is 820. The van der Waals surface area contributed by atoms with Crippen LogP contribution >= 0.6 is 0 Å². The Morgan fingerprint density at radius 1 is 1.22 bits per heavy atom. The average molecular weight is 337 g/mol. The van der Waals surface area contributed by atoms with Gasteiger partial charge in [0.05, 0.1) is 5.69 Å². The first-order chi connectivity index (χ1) is 10.9. The van der Waals surface area contributed by atoms with Gasteiger partial charge in [0, 0.05) is 17.7 Å². The van der Waals surface area contributed by atoms with Crippen molar-refractivity contribution in [1.29, 1.82) is 0 Å². The van der Waals surface area contributed by atoms with Crippen molar-refractivity contribution in [2.75, 3.05) is 6.26 Å². The smallest absolute Gasteiger partial charge is 0.178 e. The van der Waals surface area contributed by atoms with Crippen LogP contribution in [0.15, 0.2) is 27.6 Å². The average Bonchev–Trinajstić information content (AvgIpc) is 2.88. The molecule has 0 unspecified atom stereocenters. The minimum absolute atomic E-state index is 0.283. The number of aryl methyl sites for hydroxylation is 1. The lowest BCUT2D eigenvalue weighted by Crippen LogP contribution is -2.06. The zero-order valence-corrected chi connectivity index (χ0v) is 14.1. The molecule has 0 spiro atoms. The summed E-state index contributed by atoms with van der Waals surface area (Å²) in [5.41, 5.74) is 2.29. The maximum absolute atomic E-state index is 14.2. The number of aromatic nitrogens is 1. The highest BCUT2D eigenvalue weighted by Gasteiger charge is 2.25. The summed E-state index contributed by atoms with van der Waals surface area (Å²) >= 11 is 0. The molecule has 6 heteroatoms. The first kappa shape index (κ1) is 16.2. The Hall–Kier alpha value is -1.69. The number of benzene rings is 1. The zero-order valence-electron chi connectivity index (χ0n) is 13.3. The fraction of sp³-hybridized carbons (Fsp3) is 0.471. The minimum Gasteiger partial charge on any atom is -0.361 e. The molecular weight excluding hydrogens is 317 g/mol. The molecule has 1 aliphatic rings. The van der Waals surface area contributed by atoms with Gasteiger partial charge < -0.3 is 4.52 Å². The third-order valence-corrected chi connectivity index (χ3v) is 5.63. The summed E-state index contributed by atoms with van der Waals surface area (Å²) in [6.45, 7) is 1.80. The van der Waals surface area contributed by atoms with Gasteiger partial charge in [-0.1, -0.05) is 30.5 Å². The lowest BCUT2D eigenvalue weighted by molar-refractivity contribution is 0.367. The molecule has 0 saturated heterocycles. The molecule has 0 N–H and O–H groups in total. The quantitative estimate of drug-likeness (QED) is 0.840. The highest BCUT2D eigenvalue weighted by molar-refractivity contribution is 7.90. The van der Waals surface area contributed by atoms with E-state index in [1.54, 1.807) is 13.0 Å². The standard InChI is InChI=1S/C17H20FNO3S/c1-11-16(17(19-22-11)12-6-4-3-5-7-12)13-8-9-15(14(18)10-13)23(2,20)21/h8-10,12H,3-7H2,1-2H3. The van der Waals surface area contributed by atoms with E-state index in [0.29, 0.717) is 17.2 Å². The fourth-order valence-electron chi connectivity index (χ4n) is 3.35. The Morgan fingerprint density at radius 3 is 2.52 bits per heavy atom. The number of hydrogen-bond donors (Lipinski definition) is 0. The number of nitrogens with zero attached hydrogens (tertiary/aromatic N) is 1. The third-order valence-electron chi connectivity index (χ3n) is 4.50. The van der Waals surface area contributed by atoms with Crippen LogP contribution in [0.2, 0.25) is 0 Å². The van der Waals surface area contributed by atoms with E-state index < -0.39 is 15.7 Å². The SMILES string of the molecule is Cc1onc(C2CCCCC2)c1-c1ccc(S(C)(=O)=O)c(F)c1. The topological polar surface area (TPSA) is 60.2 Å². The van der Waals surface area contributed by atoms with E-state index in [1.165, 1.54) is 18.6 Å². The van der Waals surface area contributed by atoms with Crippen LogP contribution in [0.3, 0.4) is 0 Å². The van der Waals surface area contributed by atoms with E-state index in [2.05, 4.69) is 5.16 Å². The maximum Gasteiger partial charge on any atom is 0.178 e. The Kier molecular flexibility index (Phi) is 4.27. The van der Waals surface area contributed by atoms with Crippen LogP contribution in [-0.2, 0) is 9.84 Å². The summed E-state index contributed by atoms with van der Waals surface area (Å²) < 4.78 is 42.7. The predicted molar refractivity (Wildman–Crippen MR) is 85.6 cm³/mol. The van der Waals surface area contributed by atoms with Gasteiger partial charge in [-0.3, -0.25) is 0 Å². The second-order valence-corrected chi connectivity index (χ2v) is 8.24. The van der Waals surface area contributed by atoms with E-state index in [0.717, 1.165) is 43.2 Å². The summed E-state index contributed by atoms with van der Waals surface area (Å²) in [6.07, 6.45) is 6.68. The van der Waals surface area contributed by atoms with Gasteiger partial charge in [-0.25, -0.2) is 12.8 Å². The van der Waals surface area contributed by atoms with Crippen LogP contribution in [0.25, 0.3) is 11.1 Å². The van der Waals surface area contributed by atoms with Crippen LogP contribution in [0.5, 0.6) is 0 Å². The minimum atomic E-state index is -3.57. The van der Waals surface area contributed by atoms with Crippen molar-refractivity contribution in [3.8, 4) is 11.1 Å². The van der Waals surface area contributed by atoms with Gasteiger partial charge in [-0.2, -0.15) is 0 Å². The maximum atomic E-state index is 14.2. The lowest BCUT2D eigenvalue weighted by atomic mass is 9.84. The molecule has 1 fully saturated rings. The van der Waals surface area contributed by atoms with Gasteiger partial charge in [-0.15, -0.1) is 0 Å². The molecule has 1 heterocycles. The molecule has 0 aliphatic heterocycles. The second kappa shape index (κ2) is 6.07. The van der Waals surface area contributed by atoms with E-state index in [-0.39, 0.29) is 4.90 Å². The molecule has 1 aromatic heterocycles. The number of sulfone groups is 1. The van der Waals surface area contributed by atoms with Crippen molar-refractivity contribution < 1.29 is 17.3 Å². The Labute approximate surface area is 135 Å². The Morgan fingerprint density at radius 2 is 1.91 bits per heavy atom. The third kappa shape index (κ3) is 3.17. The molecule has 0 bridgehead atoms. The normalized spacial score (nSPS) is 16.7. The molecular formula is C17H20FNO3S. The summed E-state index contributed by atoms with van der Waals surface area (Å²) in [5.74, 6) is 0.228. The van der Waals surface area contributed by atoms with Gasteiger partial charge in [0.15, 0.2) is 9.84 Å². The molecule has 124 valence electrons. The molecule has 0 radical (unpaired) electrons. The number of rotatable bonds is 3. The monoisotopic (exact) mass is 337 g/mol. The summed E-state index contributed by atoms with van der Waals surface area (Å²) in [4.78, 5) is -0.283. The molecule has 1 aliphatic carbocycles. The molecule has 2 aromatic rings. The van der Waals surface area contributed by atoms with Crippen molar-refractivity contribution in [2.45, 2.75) is 49.8 Å². The highest BCUT2D eigenvalue weighted by Crippen LogP contribution is 2.39. The van der Waals surface area contributed by atoms with Crippen molar-refractivity contribution in [3.05, 3.63) is 35.5 Å². The zero-order chi connectivity index (χ0) is 16.6. The van der Waals surface area contributed by atoms with Gasteiger partial charge in [0.25, 0.3) is 0 Å². The van der Waals surface area contributed by atoms with Crippen LogP contribution in [0.1, 0.15) is 49.5 Å². The van der Waals surface area contributed by atoms with E-state index in [1.807, 2.05) is 0 Å². The van der Waals surface area contributed by atoms with Crippen LogP contribution in [0.4, 0.5) is 4.39 Å². The summed E-state index contributed by atoms with van der Waals surface area (Å²) in [7, 11) is -3.57. The molecule has 3 rings (SSSR count). The molecule has 4 nitrogen and oxygen atoms in total. The van der Waals surface area contributed by atoms with E-state index in [9.17, 15) is 12.8 Å². The summed E-state index contributed by atoms with van der Waals surface area (Å²) in [6, 6.07) is 4.21. The predicted octanol–water partition coefficient (Wildman–Crippen LogP) is 4.24. The van der Waals surface area contributed by atoms with Gasteiger partial charge in [0.1, 0.15) is 16.5 Å². The molecule has 0 amide bonds. The van der Waals surface area contributed by atoms with Crippen molar-refractivity contribution in [1.82, 2.24) is 5.16 Å². The van der Waals surface area contributed by atoms with Crippen LogP contribution < -0.4 is 0 Å². The van der Waals surface area contributed by atoms with E-state index in [4.69, 9.17) is 4.52 Å². The Balaban J connectivity index is 2.05. The second-order valence-electron chi connectivity index (χ2n) is 6.25. The highest BCUT2D eigenvalue weighted by atomic mass is 32.2. The largest absolute Gasteiger partial charge is 0.361 e. The van der Waals surface area contributed by atoms with Gasteiger partial charge in [0.2, 0.25) is 0 Å². The molecule has 23 heavy (non-hydrogen) atoms. The first-order valence-electron chi connectivity index (χ1n) is 7.84. The van der Waals surface area contributed by atoms with Crippen molar-refractivity contribution in [2.24, 2.45) is 0 Å². The van der Waals surface area contributed by atoms with Gasteiger partial charge >= 0.3 is 0 Å². The van der Waals surface area contributed by atoms with Crippen LogP contribution in [-0.4, -0.2) is 19.8 Å². The van der Waals surface area contributed by atoms with Gasteiger partial charge in [-0.05, 0) is 37.5 Å². The fourth-order valence-corrected chi connectivity index (χ4v) is 4.08. The number of halogens is 1. The summed E-state index contributed by atoms with van der Waals surface area (Å²) in [5, 5.41) is 4.20. The molecule has 1 saturated carbocycles. The van der Waals surface area contributed by atoms with E-state index >= 15 is 0 Å². The van der Waals surface area contributed by atoms with Crippen molar-refractivity contribution in [3.63, 3.8) is 0 Å². The first-order valence-corrected chi connectivity index (χ1v) is 9.73. The van der Waals surface area contributed by atoms with Crippen molar-refractivity contribution >= 4 is 9.84 Å².